The monoisotopic (exact) mass is 420 g/mol. The minimum Gasteiger partial charge on any atom is -0.493 e. The molecule has 0 fully saturated rings. The van der Waals surface area contributed by atoms with E-state index in [-0.39, 0.29) is 41.1 Å². The first-order valence-electron chi connectivity index (χ1n) is 8.72. The maximum Gasteiger partial charge on any atom is 0.415 e. The van der Waals surface area contributed by atoms with E-state index in [1.807, 2.05) is 13.8 Å². The molecule has 7 nitrogen and oxygen atoms in total. The van der Waals surface area contributed by atoms with E-state index < -0.39 is 18.0 Å². The topological polar surface area (TPSA) is 91.1 Å². The Hall–Kier alpha value is -1.70. The van der Waals surface area contributed by atoms with Crippen LogP contribution >= 0.6 is 23.2 Å². The van der Waals surface area contributed by atoms with Crippen molar-refractivity contribution in [3.8, 4) is 11.5 Å². The van der Waals surface area contributed by atoms with Crippen LogP contribution in [0.15, 0.2) is 6.07 Å². The van der Waals surface area contributed by atoms with Crippen molar-refractivity contribution < 1.29 is 23.8 Å². The van der Waals surface area contributed by atoms with E-state index in [9.17, 15) is 9.59 Å². The van der Waals surface area contributed by atoms with Crippen LogP contribution < -0.4 is 15.2 Å². The van der Waals surface area contributed by atoms with Crippen molar-refractivity contribution in [1.82, 2.24) is 4.90 Å². The second kappa shape index (κ2) is 11.2. The molecule has 0 bridgehead atoms. The molecule has 1 amide bonds. The van der Waals surface area contributed by atoms with Gasteiger partial charge in [0.15, 0.2) is 11.5 Å². The van der Waals surface area contributed by atoms with Crippen LogP contribution in [0.2, 0.25) is 10.0 Å². The van der Waals surface area contributed by atoms with E-state index in [0.717, 1.165) is 0 Å². The van der Waals surface area contributed by atoms with Gasteiger partial charge in [0.1, 0.15) is 0 Å². The molecule has 0 spiro atoms. The number of methoxy groups -OCH3 is 1. The van der Waals surface area contributed by atoms with E-state index in [0.29, 0.717) is 18.7 Å². The lowest BCUT2D eigenvalue weighted by Gasteiger charge is -2.24. The molecule has 0 aromatic heterocycles. The Morgan fingerprint density at radius 3 is 2.33 bits per heavy atom. The first-order chi connectivity index (χ1) is 12.8. The number of nitrogens with two attached hydrogens (primary N) is 1. The number of benzene rings is 1. The molecule has 9 heteroatoms. The van der Waals surface area contributed by atoms with Crippen LogP contribution in [0.5, 0.6) is 11.5 Å². The molecule has 0 saturated heterocycles. The van der Waals surface area contributed by atoms with Crippen LogP contribution in [0.3, 0.4) is 0 Å². The number of rotatable bonds is 9. The van der Waals surface area contributed by atoms with Gasteiger partial charge in [0.2, 0.25) is 0 Å². The van der Waals surface area contributed by atoms with Gasteiger partial charge in [0.25, 0.3) is 0 Å². The molecule has 0 saturated carbocycles. The van der Waals surface area contributed by atoms with Gasteiger partial charge in [0.05, 0.1) is 30.2 Å². The summed E-state index contributed by atoms with van der Waals surface area (Å²) < 4.78 is 15.9. The minimum atomic E-state index is -0.566. The third kappa shape index (κ3) is 5.89. The number of hydrogen-bond donors (Lipinski definition) is 1. The van der Waals surface area contributed by atoms with Gasteiger partial charge in [-0.25, -0.2) is 4.79 Å². The molecular weight excluding hydrogens is 395 g/mol. The van der Waals surface area contributed by atoms with Gasteiger partial charge < -0.3 is 24.8 Å². The number of halogens is 2. The van der Waals surface area contributed by atoms with Crippen LogP contribution in [0.1, 0.15) is 38.7 Å². The molecule has 0 radical (unpaired) electrons. The smallest absolute Gasteiger partial charge is 0.415 e. The van der Waals surface area contributed by atoms with E-state index in [2.05, 4.69) is 0 Å². The number of carbonyl (C=O) groups excluding carboxylic acids is 2. The summed E-state index contributed by atoms with van der Waals surface area (Å²) in [5.41, 5.74) is 6.21. The van der Waals surface area contributed by atoms with E-state index >= 15 is 0 Å². The lowest BCUT2D eigenvalue weighted by molar-refractivity contribution is -0.143. The second-order valence-electron chi connectivity index (χ2n) is 5.60. The quantitative estimate of drug-likeness (QED) is 0.610. The van der Waals surface area contributed by atoms with Gasteiger partial charge in [-0.15, -0.1) is 0 Å². The Morgan fingerprint density at radius 2 is 1.85 bits per heavy atom. The Kier molecular flexibility index (Phi) is 9.69. The zero-order valence-corrected chi connectivity index (χ0v) is 17.5. The maximum absolute atomic E-state index is 12.5. The summed E-state index contributed by atoms with van der Waals surface area (Å²) in [7, 11) is 1.42. The van der Waals surface area contributed by atoms with Crippen LogP contribution in [-0.4, -0.2) is 50.3 Å². The predicted octanol–water partition coefficient (Wildman–Crippen LogP) is 3.84. The summed E-state index contributed by atoms with van der Waals surface area (Å²) in [5.74, 6) is -0.682. The third-order valence-electron chi connectivity index (χ3n) is 4.01. The van der Waals surface area contributed by atoms with Crippen LogP contribution in [0.4, 0.5) is 4.79 Å². The van der Waals surface area contributed by atoms with Crippen molar-refractivity contribution in [2.45, 2.75) is 33.1 Å². The van der Waals surface area contributed by atoms with Gasteiger partial charge in [-0.3, -0.25) is 4.79 Å². The fourth-order valence-corrected chi connectivity index (χ4v) is 3.08. The Bertz CT molecular complexity index is 666. The summed E-state index contributed by atoms with van der Waals surface area (Å²) in [5, 5.41) is 0.355. The predicted molar refractivity (Wildman–Crippen MR) is 105 cm³/mol. The van der Waals surface area contributed by atoms with Gasteiger partial charge in [-0.2, -0.15) is 0 Å². The van der Waals surface area contributed by atoms with Crippen molar-refractivity contribution in [1.29, 1.82) is 0 Å². The summed E-state index contributed by atoms with van der Waals surface area (Å²) in [6, 6.07) is 1.45. The summed E-state index contributed by atoms with van der Waals surface area (Å²) in [4.78, 5) is 25.9. The summed E-state index contributed by atoms with van der Waals surface area (Å²) in [6.07, 6.45) is -0.603. The number of esters is 1. The van der Waals surface area contributed by atoms with Gasteiger partial charge in [0, 0.05) is 30.6 Å². The summed E-state index contributed by atoms with van der Waals surface area (Å²) in [6.45, 7) is 6.63. The molecule has 1 aromatic rings. The van der Waals surface area contributed by atoms with Gasteiger partial charge in [-0.05, 0) is 27.3 Å². The van der Waals surface area contributed by atoms with Crippen LogP contribution in [0, 0.1) is 0 Å². The van der Waals surface area contributed by atoms with Crippen molar-refractivity contribution in [2.24, 2.45) is 5.73 Å². The average Bonchev–Trinajstić information content (AvgIpc) is 2.64. The highest BCUT2D eigenvalue weighted by Crippen LogP contribution is 2.45. The number of hydrogen-bond acceptors (Lipinski definition) is 6. The molecule has 0 aliphatic rings. The lowest BCUT2D eigenvalue weighted by Crippen LogP contribution is -2.33. The molecule has 0 aliphatic heterocycles. The SMILES string of the molecule is CCOC(=O)CC(CN)c1c(Cl)c(Cl)cc(OC)c1OC(=O)N(CC)CC. The molecule has 1 atom stereocenters. The van der Waals surface area contributed by atoms with Crippen molar-refractivity contribution in [2.75, 3.05) is 33.4 Å². The third-order valence-corrected chi connectivity index (χ3v) is 4.82. The fraction of sp³-hybridized carbons (Fsp3) is 0.556. The summed E-state index contributed by atoms with van der Waals surface area (Å²) >= 11 is 12.6. The van der Waals surface area contributed by atoms with Gasteiger partial charge in [-0.1, -0.05) is 23.2 Å². The molecule has 1 aromatic carbocycles. The zero-order chi connectivity index (χ0) is 20.6. The molecule has 152 valence electrons. The number of carbonyl (C=O) groups is 2. The lowest BCUT2D eigenvalue weighted by atomic mass is 9.94. The normalized spacial score (nSPS) is 11.7. The van der Waals surface area contributed by atoms with Gasteiger partial charge >= 0.3 is 12.1 Å². The van der Waals surface area contributed by atoms with E-state index in [4.69, 9.17) is 43.1 Å². The number of amides is 1. The molecule has 2 N–H and O–H groups in total. The minimum absolute atomic E-state index is 0.0383. The highest BCUT2D eigenvalue weighted by atomic mass is 35.5. The molecule has 1 rings (SSSR count). The fourth-order valence-electron chi connectivity index (χ4n) is 2.58. The zero-order valence-electron chi connectivity index (χ0n) is 16.0. The van der Waals surface area contributed by atoms with Crippen LogP contribution in [-0.2, 0) is 9.53 Å². The maximum atomic E-state index is 12.5. The number of ether oxygens (including phenoxy) is 3. The van der Waals surface area contributed by atoms with Crippen LogP contribution in [0.25, 0.3) is 0 Å². The first kappa shape index (κ1) is 23.3. The molecule has 0 heterocycles. The molecule has 0 aliphatic carbocycles. The van der Waals surface area contributed by atoms with Crippen molar-refractivity contribution >= 4 is 35.3 Å². The van der Waals surface area contributed by atoms with Crippen molar-refractivity contribution in [3.05, 3.63) is 21.7 Å². The largest absolute Gasteiger partial charge is 0.493 e. The molecule has 27 heavy (non-hydrogen) atoms. The Balaban J connectivity index is 3.44. The Labute approximate surface area is 169 Å². The van der Waals surface area contributed by atoms with E-state index in [1.54, 1.807) is 6.92 Å². The van der Waals surface area contributed by atoms with E-state index in [1.165, 1.54) is 18.1 Å². The second-order valence-corrected chi connectivity index (χ2v) is 6.38. The highest BCUT2D eigenvalue weighted by molar-refractivity contribution is 6.42. The Morgan fingerprint density at radius 1 is 1.22 bits per heavy atom. The number of nitrogens with zero attached hydrogens (tertiary/aromatic N) is 1. The van der Waals surface area contributed by atoms with Crippen molar-refractivity contribution in [3.63, 3.8) is 0 Å². The highest BCUT2D eigenvalue weighted by Gasteiger charge is 2.29. The average molecular weight is 421 g/mol. The first-order valence-corrected chi connectivity index (χ1v) is 9.48. The standard InChI is InChI=1S/C18H26Cl2N2O5/c1-5-22(6-2)18(24)27-17-13(25-4)9-12(19)16(20)15(17)11(10-21)8-14(23)26-7-3/h9,11H,5-8,10,21H2,1-4H3. The molecule has 1 unspecified atom stereocenters. The molecular formula is C18H26Cl2N2O5.